The fraction of sp³-hybridized carbons (Fsp3) is 0.333. The molecule has 0 saturated carbocycles. The Kier molecular flexibility index (Phi) is 3.24. The SMILES string of the molecule is Cc1cc(C(N)c2cc(C)c(Br)s2)c(C)o1. The van der Waals surface area contributed by atoms with E-state index in [0.717, 1.165) is 25.7 Å². The van der Waals surface area contributed by atoms with Gasteiger partial charge in [0.2, 0.25) is 0 Å². The first-order chi connectivity index (χ1) is 7.49. The lowest BCUT2D eigenvalue weighted by atomic mass is 10.1. The van der Waals surface area contributed by atoms with Crippen LogP contribution in [0.3, 0.4) is 0 Å². The van der Waals surface area contributed by atoms with Gasteiger partial charge >= 0.3 is 0 Å². The zero-order chi connectivity index (χ0) is 11.9. The van der Waals surface area contributed by atoms with E-state index in [4.69, 9.17) is 10.2 Å². The fourth-order valence-corrected chi connectivity index (χ4v) is 3.34. The summed E-state index contributed by atoms with van der Waals surface area (Å²) in [6.07, 6.45) is 0. The Morgan fingerprint density at radius 3 is 2.44 bits per heavy atom. The van der Waals surface area contributed by atoms with Crippen molar-refractivity contribution in [3.63, 3.8) is 0 Å². The van der Waals surface area contributed by atoms with Crippen LogP contribution in [0.5, 0.6) is 0 Å². The van der Waals surface area contributed by atoms with Crippen LogP contribution in [0.4, 0.5) is 0 Å². The predicted molar refractivity (Wildman–Crippen MR) is 71.0 cm³/mol. The lowest BCUT2D eigenvalue weighted by Crippen LogP contribution is -2.10. The van der Waals surface area contributed by atoms with Crippen molar-refractivity contribution >= 4 is 27.3 Å². The monoisotopic (exact) mass is 299 g/mol. The highest BCUT2D eigenvalue weighted by Crippen LogP contribution is 2.34. The van der Waals surface area contributed by atoms with E-state index >= 15 is 0 Å². The molecule has 2 rings (SSSR count). The molecule has 0 fully saturated rings. The number of rotatable bonds is 2. The summed E-state index contributed by atoms with van der Waals surface area (Å²) in [6, 6.07) is 4.05. The molecule has 4 heteroatoms. The van der Waals surface area contributed by atoms with Crippen LogP contribution < -0.4 is 5.73 Å². The zero-order valence-corrected chi connectivity index (χ0v) is 11.9. The molecule has 0 aliphatic carbocycles. The summed E-state index contributed by atoms with van der Waals surface area (Å²) in [6.45, 7) is 5.97. The lowest BCUT2D eigenvalue weighted by molar-refractivity contribution is 0.500. The Labute approximate surface area is 108 Å². The number of halogens is 1. The van der Waals surface area contributed by atoms with E-state index in [-0.39, 0.29) is 6.04 Å². The molecule has 0 spiro atoms. The third kappa shape index (κ3) is 2.10. The van der Waals surface area contributed by atoms with Crippen molar-refractivity contribution in [1.82, 2.24) is 0 Å². The van der Waals surface area contributed by atoms with E-state index in [2.05, 4.69) is 28.9 Å². The summed E-state index contributed by atoms with van der Waals surface area (Å²) >= 11 is 5.21. The third-order valence-electron chi connectivity index (χ3n) is 2.60. The maximum absolute atomic E-state index is 6.24. The Bertz CT molecular complexity index is 496. The van der Waals surface area contributed by atoms with Crippen LogP contribution in [0.2, 0.25) is 0 Å². The van der Waals surface area contributed by atoms with Crippen LogP contribution in [-0.4, -0.2) is 0 Å². The average molecular weight is 300 g/mol. The first kappa shape index (κ1) is 11.9. The largest absolute Gasteiger partial charge is 0.466 e. The normalized spacial score (nSPS) is 13.1. The van der Waals surface area contributed by atoms with Gasteiger partial charge in [0.15, 0.2) is 0 Å². The summed E-state index contributed by atoms with van der Waals surface area (Å²) in [5, 5.41) is 0. The van der Waals surface area contributed by atoms with E-state index in [0.29, 0.717) is 0 Å². The molecule has 1 atom stereocenters. The minimum atomic E-state index is -0.0903. The van der Waals surface area contributed by atoms with Gasteiger partial charge in [-0.15, -0.1) is 11.3 Å². The molecule has 2 aromatic heterocycles. The molecule has 0 bridgehead atoms. The van der Waals surface area contributed by atoms with Gasteiger partial charge in [0.1, 0.15) is 11.5 Å². The minimum absolute atomic E-state index is 0.0903. The number of furan rings is 1. The van der Waals surface area contributed by atoms with Crippen LogP contribution in [0.25, 0.3) is 0 Å². The fourth-order valence-electron chi connectivity index (χ4n) is 1.75. The van der Waals surface area contributed by atoms with Gasteiger partial charge in [-0.3, -0.25) is 0 Å². The molecular formula is C12H14BrNOS. The maximum atomic E-state index is 6.24. The Balaban J connectivity index is 2.38. The molecule has 0 saturated heterocycles. The molecule has 0 aliphatic rings. The van der Waals surface area contributed by atoms with Crippen molar-refractivity contribution in [2.24, 2.45) is 5.73 Å². The van der Waals surface area contributed by atoms with Gasteiger partial charge in [0.05, 0.1) is 9.83 Å². The highest BCUT2D eigenvalue weighted by Gasteiger charge is 2.17. The van der Waals surface area contributed by atoms with E-state index in [1.807, 2.05) is 19.9 Å². The first-order valence-corrected chi connectivity index (χ1v) is 6.68. The van der Waals surface area contributed by atoms with Crippen LogP contribution in [0.1, 0.15) is 33.6 Å². The number of hydrogen-bond donors (Lipinski definition) is 1. The van der Waals surface area contributed by atoms with Gasteiger partial charge in [0.25, 0.3) is 0 Å². The number of hydrogen-bond acceptors (Lipinski definition) is 3. The van der Waals surface area contributed by atoms with E-state index in [1.54, 1.807) is 11.3 Å². The van der Waals surface area contributed by atoms with Gasteiger partial charge in [-0.25, -0.2) is 0 Å². The quantitative estimate of drug-likeness (QED) is 0.907. The maximum Gasteiger partial charge on any atom is 0.106 e. The lowest BCUT2D eigenvalue weighted by Gasteiger charge is -2.07. The average Bonchev–Trinajstić information content (AvgIpc) is 2.70. The molecule has 2 heterocycles. The Morgan fingerprint density at radius 1 is 1.31 bits per heavy atom. The number of thiophene rings is 1. The molecule has 2 N–H and O–H groups in total. The van der Waals surface area contributed by atoms with Gasteiger partial charge in [-0.2, -0.15) is 0 Å². The first-order valence-electron chi connectivity index (χ1n) is 5.07. The molecule has 0 aromatic carbocycles. The Morgan fingerprint density at radius 2 is 2.00 bits per heavy atom. The molecular weight excluding hydrogens is 286 g/mol. The molecule has 0 aliphatic heterocycles. The minimum Gasteiger partial charge on any atom is -0.466 e. The molecule has 2 nitrogen and oxygen atoms in total. The van der Waals surface area contributed by atoms with Gasteiger partial charge in [0, 0.05) is 10.4 Å². The highest BCUT2D eigenvalue weighted by molar-refractivity contribution is 9.11. The van der Waals surface area contributed by atoms with Crippen molar-refractivity contribution < 1.29 is 4.42 Å². The van der Waals surface area contributed by atoms with Crippen LogP contribution >= 0.6 is 27.3 Å². The van der Waals surface area contributed by atoms with Crippen molar-refractivity contribution in [1.29, 1.82) is 0 Å². The summed E-state index contributed by atoms with van der Waals surface area (Å²) in [5.41, 5.74) is 8.55. The summed E-state index contributed by atoms with van der Waals surface area (Å²) in [4.78, 5) is 1.16. The van der Waals surface area contributed by atoms with Crippen molar-refractivity contribution in [3.05, 3.63) is 43.4 Å². The summed E-state index contributed by atoms with van der Waals surface area (Å²) in [5.74, 6) is 1.82. The molecule has 0 radical (unpaired) electrons. The zero-order valence-electron chi connectivity index (χ0n) is 9.50. The second kappa shape index (κ2) is 4.35. The topological polar surface area (TPSA) is 39.2 Å². The van der Waals surface area contributed by atoms with Crippen molar-refractivity contribution in [3.8, 4) is 0 Å². The Hall–Kier alpha value is -0.580. The highest BCUT2D eigenvalue weighted by atomic mass is 79.9. The van der Waals surface area contributed by atoms with Gasteiger partial charge < -0.3 is 10.2 Å². The van der Waals surface area contributed by atoms with Crippen molar-refractivity contribution in [2.75, 3.05) is 0 Å². The molecule has 86 valence electrons. The summed E-state index contributed by atoms with van der Waals surface area (Å²) < 4.78 is 6.66. The molecule has 2 aromatic rings. The number of nitrogens with two attached hydrogens (primary N) is 1. The van der Waals surface area contributed by atoms with E-state index in [9.17, 15) is 0 Å². The molecule has 16 heavy (non-hydrogen) atoms. The second-order valence-electron chi connectivity index (χ2n) is 3.95. The number of aryl methyl sites for hydroxylation is 3. The van der Waals surface area contributed by atoms with Crippen molar-refractivity contribution in [2.45, 2.75) is 26.8 Å². The third-order valence-corrected chi connectivity index (χ3v) is 4.82. The van der Waals surface area contributed by atoms with Gasteiger partial charge in [-0.1, -0.05) is 0 Å². The summed E-state index contributed by atoms with van der Waals surface area (Å²) in [7, 11) is 0. The molecule has 1 unspecified atom stereocenters. The van der Waals surface area contributed by atoms with Crippen LogP contribution in [-0.2, 0) is 0 Å². The van der Waals surface area contributed by atoms with Crippen LogP contribution in [0, 0.1) is 20.8 Å². The van der Waals surface area contributed by atoms with E-state index in [1.165, 1.54) is 5.56 Å². The predicted octanol–water partition coefficient (Wildman–Crippen LogP) is 4.08. The standard InChI is InChI=1S/C12H14BrNOS/c1-6-4-10(16-12(6)13)11(14)9-5-7(2)15-8(9)3/h4-5,11H,14H2,1-3H3. The van der Waals surface area contributed by atoms with Crippen LogP contribution in [0.15, 0.2) is 20.3 Å². The van der Waals surface area contributed by atoms with Gasteiger partial charge in [-0.05, 0) is 54.4 Å². The smallest absolute Gasteiger partial charge is 0.106 e. The second-order valence-corrected chi connectivity index (χ2v) is 6.35. The van der Waals surface area contributed by atoms with E-state index < -0.39 is 0 Å². The molecule has 0 amide bonds.